The first kappa shape index (κ1) is 16.3. The van der Waals surface area contributed by atoms with Gasteiger partial charge in [-0.2, -0.15) is 5.26 Å². The van der Waals surface area contributed by atoms with Crippen molar-refractivity contribution in [3.63, 3.8) is 0 Å². The van der Waals surface area contributed by atoms with Crippen molar-refractivity contribution >= 4 is 22.4 Å². The predicted molar refractivity (Wildman–Crippen MR) is 101 cm³/mol. The average Bonchev–Trinajstić information content (AvgIpc) is 2.68. The molecule has 2 N–H and O–H groups in total. The van der Waals surface area contributed by atoms with Crippen LogP contribution in [0.1, 0.15) is 17.0 Å². The molecule has 26 heavy (non-hydrogen) atoms. The number of rotatable bonds is 2. The number of hydrogen-bond donors (Lipinski definition) is 1. The summed E-state index contributed by atoms with van der Waals surface area (Å²) in [6.45, 7) is 0. The van der Waals surface area contributed by atoms with Gasteiger partial charge in [0.05, 0.1) is 13.0 Å². The molecule has 0 unspecified atom stereocenters. The Labute approximate surface area is 156 Å². The first-order valence-electron chi connectivity index (χ1n) is 8.06. The Bertz CT molecular complexity index is 1080. The van der Waals surface area contributed by atoms with Crippen LogP contribution in [0.3, 0.4) is 0 Å². The molecule has 0 saturated heterocycles. The van der Waals surface area contributed by atoms with E-state index in [-0.39, 0.29) is 11.8 Å². The van der Waals surface area contributed by atoms with Gasteiger partial charge in [-0.15, -0.1) is 0 Å². The molecule has 1 aliphatic heterocycles. The lowest BCUT2D eigenvalue weighted by Crippen LogP contribution is -2.21. The van der Waals surface area contributed by atoms with E-state index in [1.54, 1.807) is 7.11 Å². The van der Waals surface area contributed by atoms with Gasteiger partial charge in [-0.3, -0.25) is 0 Å². The second-order valence-electron chi connectivity index (χ2n) is 6.02. The number of hydrogen-bond acceptors (Lipinski definition) is 4. The summed E-state index contributed by atoms with van der Waals surface area (Å²) in [4.78, 5) is 0. The SMILES string of the molecule is COc1ccc([C@H]2C(C#N)=C(N)Oc3c2cc(Cl)c2ccccc32)cc1. The van der Waals surface area contributed by atoms with Crippen LogP contribution in [0.5, 0.6) is 11.5 Å². The van der Waals surface area contributed by atoms with Crippen molar-refractivity contribution in [1.82, 2.24) is 0 Å². The van der Waals surface area contributed by atoms with Crippen molar-refractivity contribution in [3.8, 4) is 17.6 Å². The van der Waals surface area contributed by atoms with Gasteiger partial charge in [0.15, 0.2) is 0 Å². The molecule has 4 nitrogen and oxygen atoms in total. The summed E-state index contributed by atoms with van der Waals surface area (Å²) in [6.07, 6.45) is 0. The summed E-state index contributed by atoms with van der Waals surface area (Å²) in [7, 11) is 1.61. The second kappa shape index (κ2) is 6.29. The fourth-order valence-corrected chi connectivity index (χ4v) is 3.66. The summed E-state index contributed by atoms with van der Waals surface area (Å²) >= 11 is 6.52. The Morgan fingerprint density at radius 3 is 2.46 bits per heavy atom. The molecule has 0 aliphatic carbocycles. The van der Waals surface area contributed by atoms with Crippen LogP contribution in [0, 0.1) is 11.3 Å². The number of halogens is 1. The minimum Gasteiger partial charge on any atom is -0.497 e. The molecule has 1 aliphatic rings. The van der Waals surface area contributed by atoms with Gasteiger partial charge in [-0.1, -0.05) is 48.0 Å². The molecule has 1 atom stereocenters. The van der Waals surface area contributed by atoms with E-state index in [1.165, 1.54) is 0 Å². The third-order valence-electron chi connectivity index (χ3n) is 4.62. The molecule has 3 aromatic rings. The van der Waals surface area contributed by atoms with E-state index in [4.69, 9.17) is 26.8 Å². The highest BCUT2D eigenvalue weighted by atomic mass is 35.5. The summed E-state index contributed by atoms with van der Waals surface area (Å²) in [5, 5.41) is 12.0. The summed E-state index contributed by atoms with van der Waals surface area (Å²) in [5.74, 6) is 1.15. The highest BCUT2D eigenvalue weighted by Crippen LogP contribution is 2.47. The largest absolute Gasteiger partial charge is 0.497 e. The second-order valence-corrected chi connectivity index (χ2v) is 6.43. The lowest BCUT2D eigenvalue weighted by Gasteiger charge is -2.28. The summed E-state index contributed by atoms with van der Waals surface area (Å²) in [5.41, 5.74) is 8.21. The maximum Gasteiger partial charge on any atom is 0.205 e. The Hall–Kier alpha value is -3.16. The molecular weight excluding hydrogens is 348 g/mol. The first-order valence-corrected chi connectivity index (χ1v) is 8.44. The van der Waals surface area contributed by atoms with E-state index in [9.17, 15) is 5.26 Å². The van der Waals surface area contributed by atoms with E-state index < -0.39 is 0 Å². The maximum atomic E-state index is 9.68. The van der Waals surface area contributed by atoms with Crippen LogP contribution in [-0.4, -0.2) is 7.11 Å². The number of benzene rings is 3. The molecule has 128 valence electrons. The first-order chi connectivity index (χ1) is 12.6. The number of ether oxygens (including phenoxy) is 2. The van der Waals surface area contributed by atoms with E-state index in [0.29, 0.717) is 16.3 Å². The Morgan fingerprint density at radius 1 is 1.12 bits per heavy atom. The van der Waals surface area contributed by atoms with Gasteiger partial charge in [-0.05, 0) is 23.8 Å². The highest BCUT2D eigenvalue weighted by Gasteiger charge is 2.32. The lowest BCUT2D eigenvalue weighted by atomic mass is 9.82. The zero-order valence-corrected chi connectivity index (χ0v) is 14.7. The fraction of sp³-hybridized carbons (Fsp3) is 0.0952. The highest BCUT2D eigenvalue weighted by molar-refractivity contribution is 6.36. The van der Waals surface area contributed by atoms with Gasteiger partial charge in [-0.25, -0.2) is 0 Å². The van der Waals surface area contributed by atoms with Gasteiger partial charge in [0, 0.05) is 21.4 Å². The van der Waals surface area contributed by atoms with E-state index in [1.807, 2.05) is 54.6 Å². The van der Waals surface area contributed by atoms with Crippen LogP contribution in [-0.2, 0) is 0 Å². The average molecular weight is 363 g/mol. The number of methoxy groups -OCH3 is 1. The van der Waals surface area contributed by atoms with Crippen molar-refractivity contribution in [2.75, 3.05) is 7.11 Å². The van der Waals surface area contributed by atoms with Crippen LogP contribution in [0.2, 0.25) is 5.02 Å². The topological polar surface area (TPSA) is 68.3 Å². The molecule has 4 rings (SSSR count). The molecule has 0 spiro atoms. The van der Waals surface area contributed by atoms with Crippen LogP contribution >= 0.6 is 11.6 Å². The van der Waals surface area contributed by atoms with Crippen molar-refractivity contribution in [3.05, 3.63) is 82.2 Å². The molecule has 0 fully saturated rings. The molecule has 0 aromatic heterocycles. The van der Waals surface area contributed by atoms with Crippen molar-refractivity contribution in [1.29, 1.82) is 5.26 Å². The van der Waals surface area contributed by atoms with Crippen LogP contribution in [0.4, 0.5) is 0 Å². The molecule has 0 bridgehead atoms. The monoisotopic (exact) mass is 362 g/mol. The fourth-order valence-electron chi connectivity index (χ4n) is 3.38. The van der Waals surface area contributed by atoms with Crippen molar-refractivity contribution in [2.45, 2.75) is 5.92 Å². The summed E-state index contributed by atoms with van der Waals surface area (Å²) in [6, 6.07) is 19.3. The lowest BCUT2D eigenvalue weighted by molar-refractivity contribution is 0.398. The van der Waals surface area contributed by atoms with E-state index >= 15 is 0 Å². The van der Waals surface area contributed by atoms with Gasteiger partial charge in [0.25, 0.3) is 0 Å². The minimum absolute atomic E-state index is 0.119. The van der Waals surface area contributed by atoms with E-state index in [2.05, 4.69) is 6.07 Å². The standard InChI is InChI=1S/C21H15ClN2O2/c1-25-13-8-6-12(7-9-13)19-16-10-18(22)14-4-2-3-5-15(14)20(16)26-21(24)17(19)11-23/h2-10,19H,24H2,1H3/t19-/m1/s1. The number of nitrogens with zero attached hydrogens (tertiary/aromatic N) is 1. The molecule has 3 aromatic carbocycles. The molecular formula is C21H15ClN2O2. The van der Waals surface area contributed by atoms with Gasteiger partial charge >= 0.3 is 0 Å². The number of nitrogens with two attached hydrogens (primary N) is 1. The molecule has 1 heterocycles. The minimum atomic E-state index is -0.350. The van der Waals surface area contributed by atoms with Crippen LogP contribution < -0.4 is 15.2 Å². The molecule has 0 saturated carbocycles. The number of nitriles is 1. The zero-order valence-electron chi connectivity index (χ0n) is 14.0. The predicted octanol–water partition coefficient (Wildman–Crippen LogP) is 4.72. The van der Waals surface area contributed by atoms with Gasteiger partial charge < -0.3 is 15.2 Å². The van der Waals surface area contributed by atoms with Crippen molar-refractivity contribution in [2.24, 2.45) is 5.73 Å². The maximum absolute atomic E-state index is 9.68. The van der Waals surface area contributed by atoms with E-state index in [0.717, 1.165) is 27.6 Å². The normalized spacial score (nSPS) is 16.0. The Morgan fingerprint density at radius 2 is 1.81 bits per heavy atom. The van der Waals surface area contributed by atoms with Crippen molar-refractivity contribution < 1.29 is 9.47 Å². The molecule has 0 amide bonds. The third kappa shape index (κ3) is 2.45. The van der Waals surface area contributed by atoms with Gasteiger partial charge in [0.2, 0.25) is 5.88 Å². The Balaban J connectivity index is 2.00. The smallest absolute Gasteiger partial charge is 0.205 e. The van der Waals surface area contributed by atoms with Gasteiger partial charge in [0.1, 0.15) is 23.1 Å². The third-order valence-corrected chi connectivity index (χ3v) is 4.93. The van der Waals surface area contributed by atoms with Crippen LogP contribution in [0.25, 0.3) is 10.8 Å². The summed E-state index contributed by atoms with van der Waals surface area (Å²) < 4.78 is 11.1. The number of allylic oxidation sites excluding steroid dienone is 1. The number of fused-ring (bicyclic) bond motifs is 3. The zero-order chi connectivity index (χ0) is 18.3. The molecule has 0 radical (unpaired) electrons. The Kier molecular flexibility index (Phi) is 3.95. The quantitative estimate of drug-likeness (QED) is 0.716. The molecule has 5 heteroatoms. The van der Waals surface area contributed by atoms with Crippen LogP contribution in [0.15, 0.2) is 66.1 Å².